The molecule has 0 amide bonds. The summed E-state index contributed by atoms with van der Waals surface area (Å²) in [4.78, 5) is 15.7. The van der Waals surface area contributed by atoms with Gasteiger partial charge in [-0.3, -0.25) is 9.36 Å². The molecule has 0 bridgehead atoms. The van der Waals surface area contributed by atoms with Crippen LogP contribution in [0.1, 0.15) is 0 Å². The highest BCUT2D eigenvalue weighted by Crippen LogP contribution is 2.18. The summed E-state index contributed by atoms with van der Waals surface area (Å²) in [5.74, 6) is 0. The van der Waals surface area contributed by atoms with Crippen LogP contribution in [0.25, 0.3) is 16.6 Å². The van der Waals surface area contributed by atoms with E-state index >= 15 is 0 Å². The molecule has 2 aromatic carbocycles. The first-order chi connectivity index (χ1) is 9.56. The molecular weight excluding hydrogens is 360 g/mol. The van der Waals surface area contributed by atoms with Gasteiger partial charge in [-0.2, -0.15) is 0 Å². The summed E-state index contributed by atoms with van der Waals surface area (Å²) in [7, 11) is 0. The van der Waals surface area contributed by atoms with Gasteiger partial charge in [0.25, 0.3) is 5.56 Å². The van der Waals surface area contributed by atoms with Crippen molar-refractivity contribution in [3.8, 4) is 5.69 Å². The molecule has 0 atom stereocenters. The Labute approximate surface area is 133 Å². The van der Waals surface area contributed by atoms with E-state index in [9.17, 15) is 4.79 Å². The quantitative estimate of drug-likeness (QED) is 0.645. The predicted octanol–water partition coefficient (Wildman–Crippen LogP) is 4.46. The smallest absolute Gasteiger partial charge is 0.266 e. The summed E-state index contributed by atoms with van der Waals surface area (Å²) >= 11 is 14.6. The van der Waals surface area contributed by atoms with Gasteiger partial charge in [0.2, 0.25) is 0 Å². The average molecular weight is 368 g/mol. The van der Waals surface area contributed by atoms with Crippen molar-refractivity contribution >= 4 is 50.7 Å². The lowest BCUT2D eigenvalue weighted by molar-refractivity contribution is 0.940. The topological polar surface area (TPSA) is 37.8 Å². The fraction of sp³-hybridized carbons (Fsp3) is 0. The molecule has 1 heterocycles. The van der Waals surface area contributed by atoms with Crippen LogP contribution < -0.4 is 5.56 Å². The van der Waals surface area contributed by atoms with Crippen LogP contribution in [0.5, 0.6) is 0 Å². The summed E-state index contributed by atoms with van der Waals surface area (Å²) in [6, 6.07) is 12.5. The summed E-state index contributed by atoms with van der Waals surface area (Å²) in [5.41, 5.74) is 1.18. The highest BCUT2D eigenvalue weighted by atomic mass is 79.9. The van der Waals surface area contributed by atoms with Crippen LogP contribution in [0.3, 0.4) is 0 Å². The summed E-state index contributed by atoms with van der Waals surface area (Å²) in [6.07, 6.45) is 0. The van der Waals surface area contributed by atoms with Crippen LogP contribution in [0.4, 0.5) is 0 Å². The van der Waals surface area contributed by atoms with Crippen LogP contribution in [-0.4, -0.2) is 9.55 Å². The second-order valence-electron chi connectivity index (χ2n) is 4.24. The number of nitrogens with zero attached hydrogens (tertiary/aromatic N) is 1. The van der Waals surface area contributed by atoms with E-state index in [1.54, 1.807) is 30.3 Å². The number of halogens is 2. The zero-order valence-electron chi connectivity index (χ0n) is 10.1. The number of rotatable bonds is 1. The van der Waals surface area contributed by atoms with Crippen molar-refractivity contribution in [2.45, 2.75) is 0 Å². The Balaban J connectivity index is 2.42. The number of H-pyrrole nitrogens is 1. The molecule has 3 rings (SSSR count). The maximum absolute atomic E-state index is 12.6. The third-order valence-electron chi connectivity index (χ3n) is 2.93. The monoisotopic (exact) mass is 366 g/mol. The first kappa shape index (κ1) is 13.5. The summed E-state index contributed by atoms with van der Waals surface area (Å²) in [6.45, 7) is 0. The first-order valence-corrected chi connectivity index (χ1v) is 7.35. The number of aromatic nitrogens is 2. The molecule has 6 heteroatoms. The molecule has 0 aliphatic heterocycles. The molecule has 0 radical (unpaired) electrons. The van der Waals surface area contributed by atoms with Crippen LogP contribution in [0.15, 0.2) is 51.7 Å². The van der Waals surface area contributed by atoms with Crippen molar-refractivity contribution < 1.29 is 0 Å². The van der Waals surface area contributed by atoms with Gasteiger partial charge in [-0.15, -0.1) is 0 Å². The minimum absolute atomic E-state index is 0.174. The molecule has 0 aliphatic rings. The van der Waals surface area contributed by atoms with Gasteiger partial charge in [0.05, 0.1) is 16.6 Å². The van der Waals surface area contributed by atoms with Crippen molar-refractivity contribution in [3.05, 3.63) is 67.1 Å². The Morgan fingerprint density at radius 3 is 2.75 bits per heavy atom. The van der Waals surface area contributed by atoms with Gasteiger partial charge in [-0.1, -0.05) is 33.6 Å². The SMILES string of the molecule is O=c1c2cc(Br)ccc2[nH]c(=S)n1-c1cccc(Cl)c1. The first-order valence-electron chi connectivity index (χ1n) is 5.77. The van der Waals surface area contributed by atoms with E-state index in [0.29, 0.717) is 26.4 Å². The van der Waals surface area contributed by atoms with Crippen LogP contribution >= 0.6 is 39.7 Å². The van der Waals surface area contributed by atoms with Crippen molar-refractivity contribution in [1.29, 1.82) is 0 Å². The van der Waals surface area contributed by atoms with Gasteiger partial charge in [0, 0.05) is 9.50 Å². The summed E-state index contributed by atoms with van der Waals surface area (Å²) < 4.78 is 2.62. The molecule has 1 N–H and O–H groups in total. The number of aromatic amines is 1. The van der Waals surface area contributed by atoms with Crippen molar-refractivity contribution in [2.24, 2.45) is 0 Å². The van der Waals surface area contributed by atoms with E-state index in [4.69, 9.17) is 23.8 Å². The molecule has 20 heavy (non-hydrogen) atoms. The van der Waals surface area contributed by atoms with E-state index in [2.05, 4.69) is 20.9 Å². The lowest BCUT2D eigenvalue weighted by Gasteiger charge is -2.08. The Morgan fingerprint density at radius 1 is 1.20 bits per heavy atom. The Kier molecular flexibility index (Phi) is 3.50. The Morgan fingerprint density at radius 2 is 2.00 bits per heavy atom. The molecule has 3 aromatic rings. The maximum Gasteiger partial charge on any atom is 0.266 e. The average Bonchev–Trinajstić information content (AvgIpc) is 2.40. The van der Waals surface area contributed by atoms with Gasteiger partial charge in [0.1, 0.15) is 0 Å². The molecule has 3 nitrogen and oxygen atoms in total. The van der Waals surface area contributed by atoms with Crippen LogP contribution in [0.2, 0.25) is 5.02 Å². The lowest BCUT2D eigenvalue weighted by atomic mass is 10.2. The van der Waals surface area contributed by atoms with Crippen molar-refractivity contribution in [3.63, 3.8) is 0 Å². The fourth-order valence-electron chi connectivity index (χ4n) is 2.04. The molecule has 0 saturated heterocycles. The zero-order valence-corrected chi connectivity index (χ0v) is 13.2. The molecule has 0 saturated carbocycles. The number of nitrogens with one attached hydrogen (secondary N) is 1. The molecule has 0 aliphatic carbocycles. The molecule has 0 fully saturated rings. The molecule has 0 spiro atoms. The predicted molar refractivity (Wildman–Crippen MR) is 87.4 cm³/mol. The summed E-state index contributed by atoms with van der Waals surface area (Å²) in [5, 5.41) is 1.12. The number of hydrogen-bond acceptors (Lipinski definition) is 2. The van der Waals surface area contributed by atoms with Crippen LogP contribution in [0, 0.1) is 4.77 Å². The normalized spacial score (nSPS) is 10.9. The third-order valence-corrected chi connectivity index (χ3v) is 3.94. The van der Waals surface area contributed by atoms with Crippen molar-refractivity contribution in [2.75, 3.05) is 0 Å². The highest BCUT2D eigenvalue weighted by Gasteiger charge is 2.08. The second-order valence-corrected chi connectivity index (χ2v) is 5.98. The van der Waals surface area contributed by atoms with E-state index < -0.39 is 0 Å². The number of benzene rings is 2. The lowest BCUT2D eigenvalue weighted by Crippen LogP contribution is -2.20. The second kappa shape index (κ2) is 5.16. The minimum Gasteiger partial charge on any atom is -0.331 e. The van der Waals surface area contributed by atoms with E-state index in [1.807, 2.05) is 12.1 Å². The van der Waals surface area contributed by atoms with E-state index in [1.165, 1.54) is 4.57 Å². The largest absolute Gasteiger partial charge is 0.331 e. The third kappa shape index (κ3) is 2.32. The molecule has 1 aromatic heterocycles. The standard InChI is InChI=1S/C14H8BrClN2OS/c15-8-4-5-12-11(6-8)13(19)18(14(20)17-12)10-3-1-2-9(16)7-10/h1-7H,(H,17,20). The Bertz CT molecular complexity index is 932. The molecule has 100 valence electrons. The zero-order chi connectivity index (χ0) is 14.3. The van der Waals surface area contributed by atoms with Gasteiger partial charge in [-0.25, -0.2) is 0 Å². The van der Waals surface area contributed by atoms with Gasteiger partial charge < -0.3 is 4.98 Å². The minimum atomic E-state index is -0.174. The highest BCUT2D eigenvalue weighted by molar-refractivity contribution is 9.10. The van der Waals surface area contributed by atoms with Gasteiger partial charge in [-0.05, 0) is 48.6 Å². The fourth-order valence-corrected chi connectivity index (χ4v) is 2.88. The number of hydrogen-bond donors (Lipinski definition) is 1. The molecule has 0 unspecified atom stereocenters. The number of fused-ring (bicyclic) bond motifs is 1. The van der Waals surface area contributed by atoms with E-state index in [-0.39, 0.29) is 5.56 Å². The van der Waals surface area contributed by atoms with Crippen LogP contribution in [-0.2, 0) is 0 Å². The van der Waals surface area contributed by atoms with Gasteiger partial charge >= 0.3 is 0 Å². The Hall–Kier alpha value is -1.43. The maximum atomic E-state index is 12.6. The van der Waals surface area contributed by atoms with Gasteiger partial charge in [0.15, 0.2) is 4.77 Å². The van der Waals surface area contributed by atoms with E-state index in [0.717, 1.165) is 4.47 Å². The molecular formula is C14H8BrClN2OS. The van der Waals surface area contributed by atoms with Crippen molar-refractivity contribution in [1.82, 2.24) is 9.55 Å².